The van der Waals surface area contributed by atoms with Crippen LogP contribution in [-0.2, 0) is 65.4 Å². The Labute approximate surface area is 524 Å². The zero-order chi connectivity index (χ0) is 63.8. The van der Waals surface area contributed by atoms with Gasteiger partial charge in [-0.2, -0.15) is 0 Å². The molecular formula is C67H130O17P2. The summed E-state index contributed by atoms with van der Waals surface area (Å²) in [6.45, 7) is 11.7. The minimum atomic E-state index is -4.95. The van der Waals surface area contributed by atoms with Gasteiger partial charge in [-0.3, -0.25) is 37.3 Å². The first-order valence-electron chi connectivity index (χ1n) is 34.9. The summed E-state index contributed by atoms with van der Waals surface area (Å²) in [5.74, 6) is 0.125. The molecule has 0 aliphatic carbocycles. The topological polar surface area (TPSA) is 237 Å². The number of rotatable bonds is 65. The van der Waals surface area contributed by atoms with E-state index in [-0.39, 0.29) is 25.7 Å². The monoisotopic (exact) mass is 1270 g/mol. The van der Waals surface area contributed by atoms with Crippen LogP contribution in [0.2, 0.25) is 0 Å². The van der Waals surface area contributed by atoms with Gasteiger partial charge in [0.05, 0.1) is 26.4 Å². The number of unbranched alkanes of at least 4 members (excludes halogenated alkanes) is 31. The predicted molar refractivity (Wildman–Crippen MR) is 344 cm³/mol. The van der Waals surface area contributed by atoms with Crippen molar-refractivity contribution in [2.24, 2.45) is 17.8 Å². The highest BCUT2D eigenvalue weighted by atomic mass is 31.2. The van der Waals surface area contributed by atoms with E-state index in [2.05, 4.69) is 48.5 Å². The quantitative estimate of drug-likeness (QED) is 0.0222. The fourth-order valence-corrected chi connectivity index (χ4v) is 11.5. The molecule has 0 amide bonds. The lowest BCUT2D eigenvalue weighted by Gasteiger charge is -2.21. The van der Waals surface area contributed by atoms with E-state index in [0.717, 1.165) is 120 Å². The molecule has 0 saturated heterocycles. The molecule has 0 aliphatic rings. The second-order valence-electron chi connectivity index (χ2n) is 25.2. The van der Waals surface area contributed by atoms with Crippen molar-refractivity contribution in [2.45, 2.75) is 349 Å². The van der Waals surface area contributed by atoms with Crippen LogP contribution in [0.4, 0.5) is 0 Å². The van der Waals surface area contributed by atoms with Crippen molar-refractivity contribution in [1.82, 2.24) is 0 Å². The molecule has 510 valence electrons. The van der Waals surface area contributed by atoms with Crippen LogP contribution in [0, 0.1) is 17.8 Å². The number of aliphatic hydroxyl groups is 1. The second kappa shape index (κ2) is 58.2. The zero-order valence-corrected chi connectivity index (χ0v) is 57.6. The summed E-state index contributed by atoms with van der Waals surface area (Å²) < 4.78 is 67.9. The van der Waals surface area contributed by atoms with E-state index in [1.165, 1.54) is 128 Å². The Morgan fingerprint density at radius 1 is 0.337 bits per heavy atom. The average Bonchev–Trinajstić information content (AvgIpc) is 3.68. The molecule has 0 aromatic heterocycles. The van der Waals surface area contributed by atoms with Crippen molar-refractivity contribution in [3.05, 3.63) is 0 Å². The van der Waals surface area contributed by atoms with Crippen LogP contribution >= 0.6 is 15.6 Å². The predicted octanol–water partition coefficient (Wildman–Crippen LogP) is 18.7. The van der Waals surface area contributed by atoms with Gasteiger partial charge in [0.25, 0.3) is 0 Å². The smallest absolute Gasteiger partial charge is 0.462 e. The summed E-state index contributed by atoms with van der Waals surface area (Å²) in [4.78, 5) is 72.0. The highest BCUT2D eigenvalue weighted by Gasteiger charge is 2.30. The molecule has 0 fully saturated rings. The maximum absolute atomic E-state index is 13.0. The van der Waals surface area contributed by atoms with Crippen LogP contribution < -0.4 is 0 Å². The van der Waals surface area contributed by atoms with Crippen LogP contribution in [0.3, 0.4) is 0 Å². The Balaban J connectivity index is 5.09. The number of hydrogen-bond acceptors (Lipinski definition) is 15. The van der Waals surface area contributed by atoms with Crippen molar-refractivity contribution in [1.29, 1.82) is 0 Å². The van der Waals surface area contributed by atoms with Gasteiger partial charge < -0.3 is 33.8 Å². The van der Waals surface area contributed by atoms with E-state index in [0.29, 0.717) is 25.7 Å². The number of esters is 4. The molecule has 0 spiro atoms. The number of ether oxygens (including phenoxy) is 4. The highest BCUT2D eigenvalue weighted by Crippen LogP contribution is 2.45. The average molecular weight is 1270 g/mol. The molecule has 3 N–H and O–H groups in total. The van der Waals surface area contributed by atoms with E-state index >= 15 is 0 Å². The normalized spacial score (nSPS) is 14.9. The number of hydrogen-bond donors (Lipinski definition) is 3. The summed E-state index contributed by atoms with van der Waals surface area (Å²) in [5.41, 5.74) is 0. The molecule has 0 rings (SSSR count). The van der Waals surface area contributed by atoms with Crippen molar-refractivity contribution in [2.75, 3.05) is 39.6 Å². The third-order valence-electron chi connectivity index (χ3n) is 16.1. The molecule has 0 aromatic carbocycles. The van der Waals surface area contributed by atoms with E-state index in [1.807, 2.05) is 0 Å². The van der Waals surface area contributed by atoms with E-state index in [4.69, 9.17) is 37.0 Å². The number of carbonyl (C=O) groups is 4. The van der Waals surface area contributed by atoms with Crippen LogP contribution in [-0.4, -0.2) is 96.7 Å². The van der Waals surface area contributed by atoms with Crippen LogP contribution in [0.25, 0.3) is 0 Å². The van der Waals surface area contributed by atoms with Gasteiger partial charge in [-0.05, 0) is 43.4 Å². The molecule has 7 atom stereocenters. The fraction of sp³-hybridized carbons (Fsp3) is 0.940. The summed E-state index contributed by atoms with van der Waals surface area (Å²) in [6.07, 6.45) is 40.9. The lowest BCUT2D eigenvalue weighted by atomic mass is 10.00. The van der Waals surface area contributed by atoms with E-state index in [9.17, 15) is 43.2 Å². The Bertz CT molecular complexity index is 1700. The van der Waals surface area contributed by atoms with Crippen LogP contribution in [0.5, 0.6) is 0 Å². The Kier molecular flexibility index (Phi) is 56.9. The summed E-state index contributed by atoms with van der Waals surface area (Å²) >= 11 is 0. The van der Waals surface area contributed by atoms with Crippen LogP contribution in [0.15, 0.2) is 0 Å². The van der Waals surface area contributed by atoms with Crippen molar-refractivity contribution >= 4 is 39.5 Å². The molecule has 0 aromatic rings. The first kappa shape index (κ1) is 84.1. The number of carbonyl (C=O) groups excluding carboxylic acids is 4. The highest BCUT2D eigenvalue weighted by molar-refractivity contribution is 7.47. The van der Waals surface area contributed by atoms with Gasteiger partial charge in [0.2, 0.25) is 0 Å². The summed E-state index contributed by atoms with van der Waals surface area (Å²) in [7, 11) is -9.88. The summed E-state index contributed by atoms with van der Waals surface area (Å²) in [6, 6.07) is 0. The van der Waals surface area contributed by atoms with Gasteiger partial charge >= 0.3 is 39.5 Å². The maximum Gasteiger partial charge on any atom is 0.472 e. The first-order valence-corrected chi connectivity index (χ1v) is 37.9. The van der Waals surface area contributed by atoms with Crippen LogP contribution in [0.1, 0.15) is 331 Å². The third-order valence-corrected chi connectivity index (χ3v) is 18.0. The van der Waals surface area contributed by atoms with Crippen molar-refractivity contribution < 1.29 is 80.2 Å². The molecule has 0 bridgehead atoms. The van der Waals surface area contributed by atoms with E-state index in [1.54, 1.807) is 0 Å². The minimum absolute atomic E-state index is 0.102. The first-order chi connectivity index (χ1) is 41.3. The second-order valence-corrected chi connectivity index (χ2v) is 28.1. The third kappa shape index (κ3) is 58.4. The van der Waals surface area contributed by atoms with E-state index < -0.39 is 97.5 Å². The Hall–Kier alpha value is -1.94. The number of phosphoric ester groups is 2. The molecular weight excluding hydrogens is 1140 g/mol. The summed E-state index contributed by atoms with van der Waals surface area (Å²) in [5, 5.41) is 10.5. The lowest BCUT2D eigenvalue weighted by Crippen LogP contribution is -2.30. The molecule has 0 radical (unpaired) electrons. The SMILES string of the molecule is CCCCCCCC(=O)OC[C@H](COP(=O)(O)OC[C@H](O)COP(=O)(O)OC[C@@H](COC(=O)CCCCCCCCC(C)CC)OC(=O)CCCCCCCCCCCCCCCCCCCCC(C)C)OC(=O)CCCCCCCCC(C)CC. The largest absolute Gasteiger partial charge is 0.472 e. The maximum atomic E-state index is 13.0. The molecule has 17 nitrogen and oxygen atoms in total. The van der Waals surface area contributed by atoms with Gasteiger partial charge in [0.1, 0.15) is 19.3 Å². The Morgan fingerprint density at radius 2 is 0.593 bits per heavy atom. The molecule has 0 heterocycles. The van der Waals surface area contributed by atoms with Gasteiger partial charge in [0, 0.05) is 25.7 Å². The molecule has 4 unspecified atom stereocenters. The van der Waals surface area contributed by atoms with Gasteiger partial charge in [-0.25, -0.2) is 9.13 Å². The molecule has 19 heteroatoms. The van der Waals surface area contributed by atoms with Crippen molar-refractivity contribution in [3.8, 4) is 0 Å². The minimum Gasteiger partial charge on any atom is -0.462 e. The molecule has 86 heavy (non-hydrogen) atoms. The standard InChI is InChI=1S/C67H130O17P2/c1-8-11-12-31-41-48-64(69)77-54-62(84-67(72)51-44-37-30-28-34-40-47-60(7)10-3)56-81-85(73,74)79-52-61(68)53-80-86(75,76)82-57-63(55-78-65(70)49-42-35-29-27-33-39-46-59(6)9-2)83-66(71)50-43-36-26-24-22-20-18-16-14-13-15-17-19-21-23-25-32-38-45-58(4)5/h58-63,68H,8-57H2,1-7H3,(H,73,74)(H,75,76)/t59?,60?,61-,62+,63+/m0/s1. The van der Waals surface area contributed by atoms with Crippen molar-refractivity contribution in [3.63, 3.8) is 0 Å². The lowest BCUT2D eigenvalue weighted by molar-refractivity contribution is -0.161. The molecule has 0 saturated carbocycles. The number of phosphoric acid groups is 2. The van der Waals surface area contributed by atoms with Gasteiger partial charge in [-0.1, -0.05) is 280 Å². The Morgan fingerprint density at radius 3 is 0.884 bits per heavy atom. The van der Waals surface area contributed by atoms with Gasteiger partial charge in [-0.15, -0.1) is 0 Å². The van der Waals surface area contributed by atoms with Gasteiger partial charge in [0.15, 0.2) is 12.2 Å². The number of aliphatic hydroxyl groups excluding tert-OH is 1. The zero-order valence-electron chi connectivity index (χ0n) is 55.8. The molecule has 0 aliphatic heterocycles. The fourth-order valence-electron chi connectivity index (χ4n) is 9.95.